The lowest BCUT2D eigenvalue weighted by Crippen LogP contribution is -2.31. The summed E-state index contributed by atoms with van der Waals surface area (Å²) in [4.78, 5) is 3.98. The second-order valence-electron chi connectivity index (χ2n) is 5.45. The minimum absolute atomic E-state index is 0.574. The first-order valence-electron chi connectivity index (χ1n) is 7.26. The first-order chi connectivity index (χ1) is 9.66. The van der Waals surface area contributed by atoms with E-state index in [1.165, 1.54) is 10.4 Å². The van der Waals surface area contributed by atoms with Crippen LogP contribution in [0.2, 0.25) is 0 Å². The van der Waals surface area contributed by atoms with E-state index in [-0.39, 0.29) is 0 Å². The number of nitrogens with zero attached hydrogens (tertiary/aromatic N) is 1. The number of para-hydroxylation sites is 1. The Morgan fingerprint density at radius 3 is 2.60 bits per heavy atom. The molecular formula is C17H24N2S. The van der Waals surface area contributed by atoms with Crippen molar-refractivity contribution in [1.29, 1.82) is 0 Å². The minimum atomic E-state index is 0.574. The van der Waals surface area contributed by atoms with Crippen LogP contribution in [0.1, 0.15) is 30.7 Å². The fraction of sp³-hybridized carbons (Fsp3) is 0.412. The lowest BCUT2D eigenvalue weighted by Gasteiger charge is -2.26. The van der Waals surface area contributed by atoms with E-state index >= 15 is 0 Å². The largest absolute Gasteiger partial charge is 0.399 e. The lowest BCUT2D eigenvalue weighted by atomic mass is 10.1. The quantitative estimate of drug-likeness (QED) is 0.775. The van der Waals surface area contributed by atoms with Crippen LogP contribution >= 0.6 is 11.3 Å². The van der Waals surface area contributed by atoms with Gasteiger partial charge in [0.05, 0.1) is 0 Å². The Bertz CT molecular complexity index is 505. The number of nitrogen functional groups attached to an aromatic ring is 1. The molecule has 3 heteroatoms. The van der Waals surface area contributed by atoms with E-state index in [0.717, 1.165) is 31.6 Å². The Morgan fingerprint density at radius 2 is 1.95 bits per heavy atom. The highest BCUT2D eigenvalue weighted by Crippen LogP contribution is 2.16. The predicted molar refractivity (Wildman–Crippen MR) is 89.0 cm³/mol. The molecule has 1 aromatic carbocycles. The standard InChI is InChI=1S/C17H24N2S/c1-14(2)19(13-16-9-6-12-20-16)11-5-8-15-7-3-4-10-17(15)18/h3-4,6-7,9-10,12,14H,5,8,11,13,18H2,1-2H3. The normalized spacial score (nSPS) is 11.4. The summed E-state index contributed by atoms with van der Waals surface area (Å²) in [6, 6.07) is 13.1. The second kappa shape index (κ2) is 7.46. The van der Waals surface area contributed by atoms with Gasteiger partial charge < -0.3 is 5.73 Å². The van der Waals surface area contributed by atoms with Crippen molar-refractivity contribution in [2.45, 2.75) is 39.3 Å². The minimum Gasteiger partial charge on any atom is -0.399 e. The third kappa shape index (κ3) is 4.36. The summed E-state index contributed by atoms with van der Waals surface area (Å²) < 4.78 is 0. The number of benzene rings is 1. The Morgan fingerprint density at radius 1 is 1.15 bits per heavy atom. The molecule has 108 valence electrons. The maximum absolute atomic E-state index is 5.99. The molecule has 20 heavy (non-hydrogen) atoms. The topological polar surface area (TPSA) is 29.3 Å². The zero-order valence-electron chi connectivity index (χ0n) is 12.4. The van der Waals surface area contributed by atoms with Crippen molar-refractivity contribution in [1.82, 2.24) is 4.90 Å². The van der Waals surface area contributed by atoms with Gasteiger partial charge in [0.1, 0.15) is 0 Å². The number of hydrogen-bond donors (Lipinski definition) is 1. The van der Waals surface area contributed by atoms with Crippen LogP contribution in [0, 0.1) is 0 Å². The molecule has 2 rings (SSSR count). The molecule has 1 heterocycles. The van der Waals surface area contributed by atoms with Crippen molar-refractivity contribution < 1.29 is 0 Å². The van der Waals surface area contributed by atoms with E-state index in [1.807, 2.05) is 23.5 Å². The average Bonchev–Trinajstić information content (AvgIpc) is 2.92. The number of aryl methyl sites for hydroxylation is 1. The van der Waals surface area contributed by atoms with Crippen LogP contribution in [0.15, 0.2) is 41.8 Å². The van der Waals surface area contributed by atoms with Gasteiger partial charge in [-0.25, -0.2) is 0 Å². The van der Waals surface area contributed by atoms with E-state index in [2.05, 4.69) is 48.4 Å². The van der Waals surface area contributed by atoms with Crippen LogP contribution in [0.5, 0.6) is 0 Å². The predicted octanol–water partition coefficient (Wildman–Crippen LogP) is 4.17. The maximum atomic E-state index is 5.99. The molecule has 0 aliphatic heterocycles. The number of nitrogens with two attached hydrogens (primary N) is 1. The van der Waals surface area contributed by atoms with Gasteiger partial charge >= 0.3 is 0 Å². The highest BCUT2D eigenvalue weighted by molar-refractivity contribution is 7.09. The van der Waals surface area contributed by atoms with Crippen molar-refractivity contribution in [2.24, 2.45) is 0 Å². The van der Waals surface area contributed by atoms with Crippen LogP contribution in [-0.2, 0) is 13.0 Å². The highest BCUT2D eigenvalue weighted by atomic mass is 32.1. The van der Waals surface area contributed by atoms with Gasteiger partial charge in [0.25, 0.3) is 0 Å². The molecule has 0 unspecified atom stereocenters. The van der Waals surface area contributed by atoms with Crippen LogP contribution in [0.3, 0.4) is 0 Å². The van der Waals surface area contributed by atoms with E-state index in [1.54, 1.807) is 0 Å². The van der Waals surface area contributed by atoms with E-state index in [9.17, 15) is 0 Å². The fourth-order valence-corrected chi connectivity index (χ4v) is 3.09. The zero-order valence-corrected chi connectivity index (χ0v) is 13.2. The molecule has 2 N–H and O–H groups in total. The van der Waals surface area contributed by atoms with Crippen molar-refractivity contribution in [3.8, 4) is 0 Å². The smallest absolute Gasteiger partial charge is 0.0346 e. The second-order valence-corrected chi connectivity index (χ2v) is 6.48. The molecule has 2 nitrogen and oxygen atoms in total. The molecule has 0 amide bonds. The summed E-state index contributed by atoms with van der Waals surface area (Å²) in [7, 11) is 0. The summed E-state index contributed by atoms with van der Waals surface area (Å²) >= 11 is 1.84. The molecule has 0 aliphatic rings. The van der Waals surface area contributed by atoms with Gasteiger partial charge in [0, 0.05) is 23.2 Å². The van der Waals surface area contributed by atoms with E-state index in [4.69, 9.17) is 5.73 Å². The van der Waals surface area contributed by atoms with Gasteiger partial charge in [-0.3, -0.25) is 4.90 Å². The molecule has 0 spiro atoms. The number of hydrogen-bond acceptors (Lipinski definition) is 3. The van der Waals surface area contributed by atoms with Crippen LogP contribution in [0.4, 0.5) is 5.69 Å². The average molecular weight is 288 g/mol. The van der Waals surface area contributed by atoms with Crippen LogP contribution in [-0.4, -0.2) is 17.5 Å². The van der Waals surface area contributed by atoms with Crippen molar-refractivity contribution >= 4 is 17.0 Å². The van der Waals surface area contributed by atoms with E-state index < -0.39 is 0 Å². The van der Waals surface area contributed by atoms with Crippen LogP contribution < -0.4 is 5.73 Å². The molecule has 0 saturated carbocycles. The monoisotopic (exact) mass is 288 g/mol. The van der Waals surface area contributed by atoms with Crippen LogP contribution in [0.25, 0.3) is 0 Å². The number of thiophene rings is 1. The van der Waals surface area contributed by atoms with Gasteiger partial charge in [-0.1, -0.05) is 24.3 Å². The lowest BCUT2D eigenvalue weighted by molar-refractivity contribution is 0.212. The molecule has 0 saturated heterocycles. The third-order valence-electron chi connectivity index (χ3n) is 3.62. The SMILES string of the molecule is CC(C)N(CCCc1ccccc1N)Cc1cccs1. The van der Waals surface area contributed by atoms with Crippen molar-refractivity contribution in [3.63, 3.8) is 0 Å². The summed E-state index contributed by atoms with van der Waals surface area (Å²) in [6.45, 7) is 6.71. The van der Waals surface area contributed by atoms with Gasteiger partial charge in [-0.15, -0.1) is 11.3 Å². The fourth-order valence-electron chi connectivity index (χ4n) is 2.36. The molecule has 0 radical (unpaired) electrons. The molecule has 0 atom stereocenters. The van der Waals surface area contributed by atoms with Gasteiger partial charge in [0.15, 0.2) is 0 Å². The summed E-state index contributed by atoms with van der Waals surface area (Å²) in [5.74, 6) is 0. The molecule has 1 aromatic heterocycles. The Balaban J connectivity index is 1.85. The third-order valence-corrected chi connectivity index (χ3v) is 4.48. The first-order valence-corrected chi connectivity index (χ1v) is 8.14. The van der Waals surface area contributed by atoms with Gasteiger partial charge in [-0.2, -0.15) is 0 Å². The Hall–Kier alpha value is -1.32. The number of anilines is 1. The van der Waals surface area contributed by atoms with Gasteiger partial charge in [-0.05, 0) is 56.3 Å². The number of rotatable bonds is 7. The van der Waals surface area contributed by atoms with Crippen molar-refractivity contribution in [3.05, 3.63) is 52.2 Å². The zero-order chi connectivity index (χ0) is 14.4. The first kappa shape index (κ1) is 15.1. The molecule has 0 aliphatic carbocycles. The summed E-state index contributed by atoms with van der Waals surface area (Å²) in [5, 5.41) is 2.15. The molecular weight excluding hydrogens is 264 g/mol. The molecule has 0 fully saturated rings. The maximum Gasteiger partial charge on any atom is 0.0346 e. The summed E-state index contributed by atoms with van der Waals surface area (Å²) in [5.41, 5.74) is 8.18. The highest BCUT2D eigenvalue weighted by Gasteiger charge is 2.10. The molecule has 2 aromatic rings. The molecule has 0 bridgehead atoms. The Labute approximate surface area is 126 Å². The van der Waals surface area contributed by atoms with E-state index in [0.29, 0.717) is 6.04 Å². The summed E-state index contributed by atoms with van der Waals surface area (Å²) in [6.07, 6.45) is 2.21. The van der Waals surface area contributed by atoms with Crippen molar-refractivity contribution in [2.75, 3.05) is 12.3 Å². The Kier molecular flexibility index (Phi) is 5.62. The van der Waals surface area contributed by atoms with Gasteiger partial charge in [0.2, 0.25) is 0 Å².